The van der Waals surface area contributed by atoms with E-state index in [1.165, 1.54) is 11.3 Å². The number of nitrogens with zero attached hydrogens (tertiary/aromatic N) is 4. The molecular weight excluding hydrogens is 268 g/mol. The molecule has 0 aliphatic heterocycles. The van der Waals surface area contributed by atoms with Crippen molar-refractivity contribution in [2.24, 2.45) is 0 Å². The molecule has 90 valence electrons. The van der Waals surface area contributed by atoms with E-state index in [-0.39, 0.29) is 0 Å². The molecule has 0 saturated heterocycles. The van der Waals surface area contributed by atoms with Crippen molar-refractivity contribution in [3.63, 3.8) is 0 Å². The highest BCUT2D eigenvalue weighted by Gasteiger charge is 2.04. The number of aromatic nitrogens is 4. The second-order valence-corrected chi connectivity index (χ2v) is 5.46. The summed E-state index contributed by atoms with van der Waals surface area (Å²) in [5.74, 6) is 0. The second kappa shape index (κ2) is 4.88. The summed E-state index contributed by atoms with van der Waals surface area (Å²) in [5, 5.41) is 4.18. The van der Waals surface area contributed by atoms with E-state index in [0.717, 1.165) is 22.5 Å². The first-order valence-electron chi connectivity index (χ1n) is 5.35. The highest BCUT2D eigenvalue weighted by atomic mass is 35.5. The minimum Gasteiger partial charge on any atom is -0.262 e. The lowest BCUT2D eigenvalue weighted by Gasteiger charge is -2.03. The van der Waals surface area contributed by atoms with Gasteiger partial charge < -0.3 is 0 Å². The number of halogens is 1. The van der Waals surface area contributed by atoms with Gasteiger partial charge >= 0.3 is 0 Å². The SMILES string of the molecule is Clc1ncc(Cc2cncc(-n3cccn3)c2)s1. The maximum atomic E-state index is 5.82. The van der Waals surface area contributed by atoms with Crippen molar-refractivity contribution in [1.82, 2.24) is 19.7 Å². The van der Waals surface area contributed by atoms with Gasteiger partial charge in [-0.2, -0.15) is 5.10 Å². The fraction of sp³-hybridized carbons (Fsp3) is 0.0833. The fourth-order valence-corrected chi connectivity index (χ4v) is 2.70. The molecule has 0 saturated carbocycles. The van der Waals surface area contributed by atoms with Gasteiger partial charge in [-0.25, -0.2) is 9.67 Å². The molecule has 0 aromatic carbocycles. The van der Waals surface area contributed by atoms with Crippen molar-refractivity contribution in [3.8, 4) is 5.69 Å². The molecule has 0 radical (unpaired) electrons. The molecule has 3 rings (SSSR count). The van der Waals surface area contributed by atoms with Gasteiger partial charge in [-0.15, -0.1) is 11.3 Å². The zero-order valence-electron chi connectivity index (χ0n) is 9.32. The minimum atomic E-state index is 0.571. The Labute approximate surface area is 113 Å². The van der Waals surface area contributed by atoms with Gasteiger partial charge in [-0.1, -0.05) is 11.6 Å². The molecule has 0 amide bonds. The van der Waals surface area contributed by atoms with Crippen LogP contribution in [-0.4, -0.2) is 19.7 Å². The van der Waals surface area contributed by atoms with Crippen molar-refractivity contribution in [1.29, 1.82) is 0 Å². The van der Waals surface area contributed by atoms with Crippen molar-refractivity contribution in [3.05, 3.63) is 58.0 Å². The number of thiazole rings is 1. The Bertz CT molecular complexity index is 648. The lowest BCUT2D eigenvalue weighted by Crippen LogP contribution is -1.97. The van der Waals surface area contributed by atoms with Crippen LogP contribution in [0.3, 0.4) is 0 Å². The molecule has 0 bridgehead atoms. The molecule has 3 heterocycles. The Balaban J connectivity index is 1.87. The second-order valence-electron chi connectivity index (χ2n) is 3.76. The first-order chi connectivity index (χ1) is 8.81. The molecule has 0 atom stereocenters. The van der Waals surface area contributed by atoms with E-state index in [1.807, 2.05) is 18.5 Å². The number of rotatable bonds is 3. The predicted molar refractivity (Wildman–Crippen MR) is 71.3 cm³/mol. The average molecular weight is 277 g/mol. The first kappa shape index (κ1) is 11.4. The maximum Gasteiger partial charge on any atom is 0.183 e. The van der Waals surface area contributed by atoms with E-state index in [2.05, 4.69) is 21.1 Å². The van der Waals surface area contributed by atoms with Gasteiger partial charge in [0, 0.05) is 36.1 Å². The summed E-state index contributed by atoms with van der Waals surface area (Å²) < 4.78 is 2.36. The summed E-state index contributed by atoms with van der Waals surface area (Å²) in [6.07, 6.45) is 9.86. The normalized spacial score (nSPS) is 10.7. The third kappa shape index (κ3) is 2.42. The Morgan fingerprint density at radius 1 is 1.28 bits per heavy atom. The molecule has 0 N–H and O–H groups in total. The maximum absolute atomic E-state index is 5.82. The third-order valence-electron chi connectivity index (χ3n) is 2.45. The van der Waals surface area contributed by atoms with Crippen LogP contribution in [-0.2, 0) is 6.42 Å². The van der Waals surface area contributed by atoms with E-state index in [1.54, 1.807) is 23.3 Å². The monoisotopic (exact) mass is 276 g/mol. The van der Waals surface area contributed by atoms with Crippen LogP contribution in [0.25, 0.3) is 5.69 Å². The highest BCUT2D eigenvalue weighted by Crippen LogP contribution is 2.21. The van der Waals surface area contributed by atoms with Gasteiger partial charge in [-0.05, 0) is 17.7 Å². The Hall–Kier alpha value is -1.72. The first-order valence-corrected chi connectivity index (χ1v) is 6.55. The Morgan fingerprint density at radius 2 is 2.22 bits per heavy atom. The van der Waals surface area contributed by atoms with Crippen LogP contribution in [0.1, 0.15) is 10.4 Å². The number of pyridine rings is 1. The van der Waals surface area contributed by atoms with E-state index in [9.17, 15) is 0 Å². The molecule has 3 aromatic heterocycles. The van der Waals surface area contributed by atoms with Gasteiger partial charge in [0.2, 0.25) is 0 Å². The predicted octanol–water partition coefficient (Wildman–Crippen LogP) is 2.97. The fourth-order valence-electron chi connectivity index (χ4n) is 1.68. The molecule has 6 heteroatoms. The van der Waals surface area contributed by atoms with Crippen LogP contribution in [0.5, 0.6) is 0 Å². The van der Waals surface area contributed by atoms with E-state index in [0.29, 0.717) is 4.47 Å². The Kier molecular flexibility index (Phi) is 3.08. The molecule has 0 fully saturated rings. The van der Waals surface area contributed by atoms with Crippen LogP contribution in [0.2, 0.25) is 4.47 Å². The quantitative estimate of drug-likeness (QED) is 0.739. The zero-order chi connectivity index (χ0) is 12.4. The smallest absolute Gasteiger partial charge is 0.183 e. The third-order valence-corrected chi connectivity index (χ3v) is 3.57. The van der Waals surface area contributed by atoms with Gasteiger partial charge in [0.05, 0.1) is 11.9 Å². The summed E-state index contributed by atoms with van der Waals surface area (Å²) >= 11 is 7.31. The average Bonchev–Trinajstić information content (AvgIpc) is 3.01. The van der Waals surface area contributed by atoms with Crippen LogP contribution in [0.15, 0.2) is 43.1 Å². The van der Waals surface area contributed by atoms with Crippen molar-refractivity contribution in [2.45, 2.75) is 6.42 Å². The summed E-state index contributed by atoms with van der Waals surface area (Å²) in [6.45, 7) is 0. The molecule has 0 aliphatic rings. The van der Waals surface area contributed by atoms with E-state index < -0.39 is 0 Å². The lowest BCUT2D eigenvalue weighted by atomic mass is 10.2. The van der Waals surface area contributed by atoms with Crippen molar-refractivity contribution in [2.75, 3.05) is 0 Å². The minimum absolute atomic E-state index is 0.571. The molecule has 0 aliphatic carbocycles. The highest BCUT2D eigenvalue weighted by molar-refractivity contribution is 7.15. The van der Waals surface area contributed by atoms with Crippen molar-refractivity contribution < 1.29 is 0 Å². The molecule has 3 aromatic rings. The lowest BCUT2D eigenvalue weighted by molar-refractivity contribution is 0.870. The molecular formula is C12H9ClN4S. The molecule has 4 nitrogen and oxygen atoms in total. The van der Waals surface area contributed by atoms with Gasteiger partial charge in [0.15, 0.2) is 4.47 Å². The van der Waals surface area contributed by atoms with E-state index >= 15 is 0 Å². The summed E-state index contributed by atoms with van der Waals surface area (Å²) in [7, 11) is 0. The van der Waals surface area contributed by atoms with Crippen LogP contribution in [0.4, 0.5) is 0 Å². The van der Waals surface area contributed by atoms with Gasteiger partial charge in [0.1, 0.15) is 0 Å². The van der Waals surface area contributed by atoms with Crippen LogP contribution >= 0.6 is 22.9 Å². The summed E-state index contributed by atoms with van der Waals surface area (Å²) in [5.41, 5.74) is 2.07. The van der Waals surface area contributed by atoms with Gasteiger partial charge in [0.25, 0.3) is 0 Å². The topological polar surface area (TPSA) is 43.6 Å². The molecule has 0 unspecified atom stereocenters. The van der Waals surface area contributed by atoms with Crippen LogP contribution in [0, 0.1) is 0 Å². The van der Waals surface area contributed by atoms with Crippen molar-refractivity contribution >= 4 is 22.9 Å². The Morgan fingerprint density at radius 3 is 2.94 bits per heavy atom. The van der Waals surface area contributed by atoms with E-state index in [4.69, 9.17) is 11.6 Å². The molecule has 0 spiro atoms. The summed E-state index contributed by atoms with van der Waals surface area (Å²) in [4.78, 5) is 9.39. The number of hydrogen-bond acceptors (Lipinski definition) is 4. The van der Waals surface area contributed by atoms with Gasteiger partial charge in [-0.3, -0.25) is 4.98 Å². The zero-order valence-corrected chi connectivity index (χ0v) is 10.9. The standard InChI is InChI=1S/C12H9ClN4S/c13-12-15-8-11(18-12)5-9-4-10(7-14-6-9)17-3-1-2-16-17/h1-4,6-8H,5H2. The number of hydrogen-bond donors (Lipinski definition) is 0. The summed E-state index contributed by atoms with van der Waals surface area (Å²) in [6, 6.07) is 3.95. The largest absolute Gasteiger partial charge is 0.262 e. The van der Waals surface area contributed by atoms with Crippen LogP contribution < -0.4 is 0 Å². The molecule has 18 heavy (non-hydrogen) atoms.